The second-order valence-electron chi connectivity index (χ2n) is 6.58. The van der Waals surface area contributed by atoms with Crippen molar-refractivity contribution in [2.24, 2.45) is 0 Å². The van der Waals surface area contributed by atoms with Crippen LogP contribution in [0, 0.1) is 0 Å². The molecule has 1 saturated carbocycles. The van der Waals surface area contributed by atoms with Crippen LogP contribution < -0.4 is 5.32 Å². The van der Waals surface area contributed by atoms with Crippen molar-refractivity contribution in [3.63, 3.8) is 0 Å². The molecule has 7 heteroatoms. The van der Waals surface area contributed by atoms with Crippen molar-refractivity contribution in [3.05, 3.63) is 0 Å². The minimum atomic E-state index is -0.523. The second kappa shape index (κ2) is 6.41. The Hall–Kier alpha value is -0.660. The van der Waals surface area contributed by atoms with Gasteiger partial charge >= 0.3 is 0 Å². The van der Waals surface area contributed by atoms with Gasteiger partial charge in [0, 0.05) is 17.8 Å². The van der Waals surface area contributed by atoms with E-state index in [9.17, 15) is 5.11 Å². The first-order valence-corrected chi connectivity index (χ1v) is 8.23. The third-order valence-corrected chi connectivity index (χ3v) is 4.71. The van der Waals surface area contributed by atoms with Crippen LogP contribution in [0.25, 0.3) is 0 Å². The van der Waals surface area contributed by atoms with Crippen LogP contribution in [0.4, 0.5) is 0 Å². The highest BCUT2D eigenvalue weighted by Gasteiger charge is 2.31. The standard InChI is InChI=1S/C13H25N5OS/c1-12(2,3)14-8-9-18-11(15-16-17-18)20-10-13(19)6-4-5-7-13/h14,19H,4-10H2,1-3H3. The molecule has 0 spiro atoms. The molecule has 1 heterocycles. The lowest BCUT2D eigenvalue weighted by Crippen LogP contribution is -2.38. The summed E-state index contributed by atoms with van der Waals surface area (Å²) in [7, 11) is 0. The Kier molecular flexibility index (Phi) is 5.04. The molecule has 114 valence electrons. The molecule has 2 N–H and O–H groups in total. The van der Waals surface area contributed by atoms with Gasteiger partial charge in [0.15, 0.2) is 0 Å². The number of hydrogen-bond donors (Lipinski definition) is 2. The van der Waals surface area contributed by atoms with Gasteiger partial charge in [0.05, 0.1) is 12.1 Å². The maximum absolute atomic E-state index is 10.4. The van der Waals surface area contributed by atoms with Gasteiger partial charge in [0.2, 0.25) is 5.16 Å². The highest BCUT2D eigenvalue weighted by atomic mass is 32.2. The van der Waals surface area contributed by atoms with Crippen LogP contribution in [0.5, 0.6) is 0 Å². The predicted octanol–water partition coefficient (Wildman–Crippen LogP) is 1.46. The minimum absolute atomic E-state index is 0.0975. The fourth-order valence-corrected chi connectivity index (χ4v) is 3.41. The number of aliphatic hydroxyl groups is 1. The van der Waals surface area contributed by atoms with Crippen molar-refractivity contribution in [2.45, 2.75) is 69.3 Å². The molecule has 0 atom stereocenters. The normalized spacial score (nSPS) is 18.6. The van der Waals surface area contributed by atoms with Crippen LogP contribution in [-0.4, -0.2) is 48.8 Å². The van der Waals surface area contributed by atoms with Gasteiger partial charge in [-0.3, -0.25) is 0 Å². The van der Waals surface area contributed by atoms with Gasteiger partial charge in [0.1, 0.15) is 0 Å². The molecule has 0 aromatic carbocycles. The highest BCUT2D eigenvalue weighted by Crippen LogP contribution is 2.33. The molecule has 0 unspecified atom stereocenters. The second-order valence-corrected chi connectivity index (χ2v) is 7.52. The summed E-state index contributed by atoms with van der Waals surface area (Å²) in [5.74, 6) is 0.681. The van der Waals surface area contributed by atoms with Crippen molar-refractivity contribution >= 4 is 11.8 Å². The number of aromatic nitrogens is 4. The summed E-state index contributed by atoms with van der Waals surface area (Å²) in [5.41, 5.74) is -0.425. The molecule has 0 saturated heterocycles. The largest absolute Gasteiger partial charge is 0.389 e. The zero-order chi connectivity index (χ0) is 14.6. The molecule has 1 aromatic rings. The molecule has 0 amide bonds. The number of nitrogens with zero attached hydrogens (tertiary/aromatic N) is 4. The summed E-state index contributed by atoms with van der Waals surface area (Å²) in [6.45, 7) is 7.98. The van der Waals surface area contributed by atoms with E-state index in [1.807, 2.05) is 4.68 Å². The quantitative estimate of drug-likeness (QED) is 0.775. The molecule has 6 nitrogen and oxygen atoms in total. The number of hydrogen-bond acceptors (Lipinski definition) is 6. The monoisotopic (exact) mass is 299 g/mol. The maximum atomic E-state index is 10.4. The average Bonchev–Trinajstić information content (AvgIpc) is 2.95. The first kappa shape index (κ1) is 15.7. The number of thioether (sulfide) groups is 1. The number of nitrogens with one attached hydrogen (secondary N) is 1. The molecule has 1 aliphatic carbocycles. The van der Waals surface area contributed by atoms with Gasteiger partial charge in [-0.25, -0.2) is 4.68 Å². The summed E-state index contributed by atoms with van der Waals surface area (Å²) >= 11 is 1.56. The van der Waals surface area contributed by atoms with Gasteiger partial charge in [-0.2, -0.15) is 0 Å². The lowest BCUT2D eigenvalue weighted by Gasteiger charge is -2.21. The lowest BCUT2D eigenvalue weighted by molar-refractivity contribution is 0.0732. The van der Waals surface area contributed by atoms with Gasteiger partial charge in [-0.05, 0) is 44.0 Å². The SMILES string of the molecule is CC(C)(C)NCCn1nnnc1SCC1(O)CCCC1. The molecule has 0 bridgehead atoms. The lowest BCUT2D eigenvalue weighted by atomic mass is 10.1. The van der Waals surface area contributed by atoms with Crippen molar-refractivity contribution < 1.29 is 5.11 Å². The Morgan fingerprint density at radius 3 is 2.70 bits per heavy atom. The average molecular weight is 299 g/mol. The minimum Gasteiger partial charge on any atom is -0.389 e. The van der Waals surface area contributed by atoms with Crippen LogP contribution >= 0.6 is 11.8 Å². The zero-order valence-corrected chi connectivity index (χ0v) is 13.4. The molecular formula is C13H25N5OS. The van der Waals surface area contributed by atoms with Crippen molar-refractivity contribution in [1.29, 1.82) is 0 Å². The van der Waals surface area contributed by atoms with Crippen molar-refractivity contribution in [3.8, 4) is 0 Å². The van der Waals surface area contributed by atoms with Gasteiger partial charge in [0.25, 0.3) is 0 Å². The first-order valence-electron chi connectivity index (χ1n) is 7.24. The van der Waals surface area contributed by atoms with E-state index in [0.29, 0.717) is 5.75 Å². The smallest absolute Gasteiger partial charge is 0.209 e. The highest BCUT2D eigenvalue weighted by molar-refractivity contribution is 7.99. The van der Waals surface area contributed by atoms with Crippen LogP contribution in [0.3, 0.4) is 0 Å². The van der Waals surface area contributed by atoms with E-state index in [-0.39, 0.29) is 5.54 Å². The third kappa shape index (κ3) is 4.71. The van der Waals surface area contributed by atoms with E-state index in [1.165, 1.54) is 0 Å². The number of rotatable bonds is 6. The molecule has 1 aromatic heterocycles. The molecule has 0 aliphatic heterocycles. The van der Waals surface area contributed by atoms with E-state index >= 15 is 0 Å². The molecule has 20 heavy (non-hydrogen) atoms. The fourth-order valence-electron chi connectivity index (χ4n) is 2.35. The van der Waals surface area contributed by atoms with E-state index in [1.54, 1.807) is 11.8 Å². The Morgan fingerprint density at radius 1 is 1.35 bits per heavy atom. The Bertz CT molecular complexity index is 423. The zero-order valence-electron chi connectivity index (χ0n) is 12.6. The van der Waals surface area contributed by atoms with Crippen LogP contribution in [-0.2, 0) is 6.54 Å². The van der Waals surface area contributed by atoms with E-state index < -0.39 is 5.60 Å². The first-order chi connectivity index (χ1) is 9.38. The van der Waals surface area contributed by atoms with Gasteiger partial charge < -0.3 is 10.4 Å². The third-order valence-electron chi connectivity index (χ3n) is 3.48. The molecule has 2 rings (SSSR count). The Morgan fingerprint density at radius 2 is 2.05 bits per heavy atom. The summed E-state index contributed by atoms with van der Waals surface area (Å²) in [6, 6.07) is 0. The summed E-state index contributed by atoms with van der Waals surface area (Å²) < 4.78 is 1.81. The maximum Gasteiger partial charge on any atom is 0.209 e. The van der Waals surface area contributed by atoms with Gasteiger partial charge in [-0.15, -0.1) is 5.10 Å². The van der Waals surface area contributed by atoms with Crippen LogP contribution in [0.2, 0.25) is 0 Å². The van der Waals surface area contributed by atoms with Crippen molar-refractivity contribution in [1.82, 2.24) is 25.5 Å². The summed E-state index contributed by atoms with van der Waals surface area (Å²) in [5, 5.41) is 26.4. The fraction of sp³-hybridized carbons (Fsp3) is 0.923. The molecule has 1 fully saturated rings. The van der Waals surface area contributed by atoms with E-state index in [4.69, 9.17) is 0 Å². The molecule has 0 radical (unpaired) electrons. The predicted molar refractivity (Wildman–Crippen MR) is 79.7 cm³/mol. The van der Waals surface area contributed by atoms with E-state index in [2.05, 4.69) is 41.6 Å². The van der Waals surface area contributed by atoms with Crippen LogP contribution in [0.1, 0.15) is 46.5 Å². The summed E-state index contributed by atoms with van der Waals surface area (Å²) in [6.07, 6.45) is 4.04. The molecule has 1 aliphatic rings. The van der Waals surface area contributed by atoms with Crippen LogP contribution in [0.15, 0.2) is 5.16 Å². The van der Waals surface area contributed by atoms with E-state index in [0.717, 1.165) is 43.9 Å². The Balaban J connectivity index is 1.82. The summed E-state index contributed by atoms with van der Waals surface area (Å²) in [4.78, 5) is 0. The van der Waals surface area contributed by atoms with Gasteiger partial charge in [-0.1, -0.05) is 24.6 Å². The molecular weight excluding hydrogens is 274 g/mol. The number of tetrazole rings is 1. The Labute approximate surface area is 124 Å². The van der Waals surface area contributed by atoms with Crippen molar-refractivity contribution in [2.75, 3.05) is 12.3 Å². The topological polar surface area (TPSA) is 75.9 Å².